The number of imidazole rings is 1. The molecule has 0 atom stereocenters. The van der Waals surface area contributed by atoms with Gasteiger partial charge in [0.2, 0.25) is 0 Å². The number of fused-ring (bicyclic) bond motifs is 1. The molecule has 0 aliphatic heterocycles. The number of rotatable bonds is 3. The Balaban J connectivity index is 2.23. The van der Waals surface area contributed by atoms with E-state index < -0.39 is 0 Å². The highest BCUT2D eigenvalue weighted by Crippen LogP contribution is 2.24. The summed E-state index contributed by atoms with van der Waals surface area (Å²) < 4.78 is 2.17. The van der Waals surface area contributed by atoms with Crippen molar-refractivity contribution in [3.63, 3.8) is 0 Å². The molecule has 96 valence electrons. The average molecular weight is 251 g/mol. The van der Waals surface area contributed by atoms with Crippen molar-refractivity contribution in [2.75, 3.05) is 14.1 Å². The van der Waals surface area contributed by atoms with E-state index in [2.05, 4.69) is 53.9 Å². The van der Waals surface area contributed by atoms with Gasteiger partial charge in [-0.15, -0.1) is 0 Å². The molecule has 0 bridgehead atoms. The van der Waals surface area contributed by atoms with Crippen molar-refractivity contribution in [2.45, 2.75) is 6.54 Å². The third kappa shape index (κ3) is 2.25. The van der Waals surface area contributed by atoms with Crippen LogP contribution in [0.3, 0.4) is 0 Å². The van der Waals surface area contributed by atoms with Gasteiger partial charge in [-0.25, -0.2) is 4.98 Å². The van der Waals surface area contributed by atoms with Crippen LogP contribution in [0.1, 0.15) is 5.69 Å². The molecular weight excluding hydrogens is 234 g/mol. The van der Waals surface area contributed by atoms with Crippen molar-refractivity contribution in [1.29, 1.82) is 0 Å². The third-order valence-electron chi connectivity index (χ3n) is 3.14. The first-order valence-corrected chi connectivity index (χ1v) is 6.42. The predicted molar refractivity (Wildman–Crippen MR) is 78.0 cm³/mol. The summed E-state index contributed by atoms with van der Waals surface area (Å²) in [6.45, 7) is 0.870. The molecule has 19 heavy (non-hydrogen) atoms. The molecule has 0 unspecified atom stereocenters. The van der Waals surface area contributed by atoms with Gasteiger partial charge in [-0.05, 0) is 26.2 Å². The van der Waals surface area contributed by atoms with Gasteiger partial charge in [-0.2, -0.15) is 0 Å². The fraction of sp³-hybridized carbons (Fsp3) is 0.188. The topological polar surface area (TPSA) is 20.5 Å². The molecule has 0 aliphatic carbocycles. The van der Waals surface area contributed by atoms with Crippen molar-refractivity contribution in [3.05, 3.63) is 60.4 Å². The van der Waals surface area contributed by atoms with E-state index in [0.717, 1.165) is 17.9 Å². The molecule has 0 saturated carbocycles. The molecule has 2 heterocycles. The van der Waals surface area contributed by atoms with Crippen LogP contribution in [-0.4, -0.2) is 28.4 Å². The lowest BCUT2D eigenvalue weighted by molar-refractivity contribution is 0.396. The van der Waals surface area contributed by atoms with Crippen LogP contribution in [-0.2, 0) is 6.54 Å². The summed E-state index contributed by atoms with van der Waals surface area (Å²) in [4.78, 5) is 6.94. The molecule has 1 aromatic carbocycles. The molecule has 3 nitrogen and oxygen atoms in total. The minimum atomic E-state index is 0.870. The second-order valence-electron chi connectivity index (χ2n) is 4.94. The molecule has 0 spiro atoms. The Morgan fingerprint density at radius 2 is 1.74 bits per heavy atom. The van der Waals surface area contributed by atoms with Crippen LogP contribution in [0.4, 0.5) is 0 Å². The Labute approximate surface area is 113 Å². The van der Waals surface area contributed by atoms with Crippen LogP contribution >= 0.6 is 0 Å². The van der Waals surface area contributed by atoms with Crippen molar-refractivity contribution < 1.29 is 0 Å². The smallest absolute Gasteiger partial charge is 0.137 e. The fourth-order valence-electron chi connectivity index (χ4n) is 2.32. The SMILES string of the molecule is CN(C)Cc1c(-c2ccccc2)nc2ccccn12. The summed E-state index contributed by atoms with van der Waals surface area (Å²) >= 11 is 0. The van der Waals surface area contributed by atoms with Gasteiger partial charge in [-0.1, -0.05) is 36.4 Å². The zero-order chi connectivity index (χ0) is 13.2. The standard InChI is InChI=1S/C16H17N3/c1-18(2)12-14-16(13-8-4-3-5-9-13)17-15-10-6-7-11-19(14)15/h3-11H,12H2,1-2H3. The maximum absolute atomic E-state index is 4.77. The number of pyridine rings is 1. The second-order valence-corrected chi connectivity index (χ2v) is 4.94. The first-order valence-electron chi connectivity index (χ1n) is 6.42. The lowest BCUT2D eigenvalue weighted by Gasteiger charge is -2.11. The van der Waals surface area contributed by atoms with Crippen LogP contribution in [0.15, 0.2) is 54.7 Å². The second kappa shape index (κ2) is 4.86. The van der Waals surface area contributed by atoms with Gasteiger partial charge in [0.15, 0.2) is 0 Å². The average Bonchev–Trinajstić information content (AvgIpc) is 2.78. The minimum Gasteiger partial charge on any atom is -0.304 e. The number of hydrogen-bond acceptors (Lipinski definition) is 2. The van der Waals surface area contributed by atoms with Crippen LogP contribution < -0.4 is 0 Å². The third-order valence-corrected chi connectivity index (χ3v) is 3.14. The Kier molecular flexibility index (Phi) is 3.05. The normalized spacial score (nSPS) is 11.3. The predicted octanol–water partition coefficient (Wildman–Crippen LogP) is 3.06. The molecule has 3 rings (SSSR count). The summed E-state index contributed by atoms with van der Waals surface area (Å²) in [6, 6.07) is 16.5. The minimum absolute atomic E-state index is 0.870. The fourth-order valence-corrected chi connectivity index (χ4v) is 2.32. The largest absolute Gasteiger partial charge is 0.304 e. The Morgan fingerprint density at radius 3 is 2.47 bits per heavy atom. The van der Waals surface area contributed by atoms with Crippen LogP contribution in [0.5, 0.6) is 0 Å². The number of benzene rings is 1. The monoisotopic (exact) mass is 251 g/mol. The molecule has 0 saturated heterocycles. The van der Waals surface area contributed by atoms with E-state index in [0.29, 0.717) is 0 Å². The van der Waals surface area contributed by atoms with Gasteiger partial charge < -0.3 is 9.30 Å². The van der Waals surface area contributed by atoms with Crippen molar-refractivity contribution >= 4 is 5.65 Å². The highest BCUT2D eigenvalue weighted by atomic mass is 15.1. The van der Waals surface area contributed by atoms with E-state index in [4.69, 9.17) is 4.98 Å². The zero-order valence-electron chi connectivity index (χ0n) is 11.2. The van der Waals surface area contributed by atoms with Crippen LogP contribution in [0, 0.1) is 0 Å². The Bertz CT molecular complexity index is 684. The molecular formula is C16H17N3. The van der Waals surface area contributed by atoms with E-state index >= 15 is 0 Å². The molecule has 0 amide bonds. The highest BCUT2D eigenvalue weighted by molar-refractivity contribution is 5.66. The lowest BCUT2D eigenvalue weighted by atomic mass is 10.1. The van der Waals surface area contributed by atoms with Crippen molar-refractivity contribution in [2.24, 2.45) is 0 Å². The highest BCUT2D eigenvalue weighted by Gasteiger charge is 2.13. The van der Waals surface area contributed by atoms with E-state index in [1.807, 2.05) is 24.3 Å². The van der Waals surface area contributed by atoms with E-state index in [1.165, 1.54) is 11.3 Å². The Morgan fingerprint density at radius 1 is 1.00 bits per heavy atom. The van der Waals surface area contributed by atoms with Gasteiger partial charge in [0.25, 0.3) is 0 Å². The number of aromatic nitrogens is 2. The van der Waals surface area contributed by atoms with E-state index in [9.17, 15) is 0 Å². The van der Waals surface area contributed by atoms with Gasteiger partial charge in [0, 0.05) is 18.3 Å². The molecule has 0 N–H and O–H groups in total. The van der Waals surface area contributed by atoms with Gasteiger partial charge in [0.1, 0.15) is 5.65 Å². The summed E-state index contributed by atoms with van der Waals surface area (Å²) in [5.74, 6) is 0. The molecule has 3 aromatic rings. The summed E-state index contributed by atoms with van der Waals surface area (Å²) in [6.07, 6.45) is 2.08. The molecule has 0 fully saturated rings. The van der Waals surface area contributed by atoms with Gasteiger partial charge in [0.05, 0.1) is 11.4 Å². The maximum Gasteiger partial charge on any atom is 0.137 e. The van der Waals surface area contributed by atoms with Gasteiger partial charge in [-0.3, -0.25) is 0 Å². The quantitative estimate of drug-likeness (QED) is 0.713. The lowest BCUT2D eigenvalue weighted by Crippen LogP contribution is -2.13. The molecule has 2 aromatic heterocycles. The van der Waals surface area contributed by atoms with Crippen LogP contribution in [0.25, 0.3) is 16.9 Å². The Hall–Kier alpha value is -2.13. The van der Waals surface area contributed by atoms with Crippen molar-refractivity contribution in [3.8, 4) is 11.3 Å². The van der Waals surface area contributed by atoms with Crippen LogP contribution in [0.2, 0.25) is 0 Å². The van der Waals surface area contributed by atoms with E-state index in [-0.39, 0.29) is 0 Å². The summed E-state index contributed by atoms with van der Waals surface area (Å²) in [5, 5.41) is 0. The molecule has 0 aliphatic rings. The van der Waals surface area contributed by atoms with E-state index in [1.54, 1.807) is 0 Å². The van der Waals surface area contributed by atoms with Crippen molar-refractivity contribution in [1.82, 2.24) is 14.3 Å². The zero-order valence-corrected chi connectivity index (χ0v) is 11.2. The number of nitrogens with zero attached hydrogens (tertiary/aromatic N) is 3. The first-order chi connectivity index (χ1) is 9.25. The van der Waals surface area contributed by atoms with Gasteiger partial charge >= 0.3 is 0 Å². The maximum atomic E-state index is 4.77. The summed E-state index contributed by atoms with van der Waals surface area (Å²) in [7, 11) is 4.16. The number of hydrogen-bond donors (Lipinski definition) is 0. The first kappa shape index (κ1) is 11.9. The molecule has 0 radical (unpaired) electrons. The summed E-state index contributed by atoms with van der Waals surface area (Å²) in [5.41, 5.74) is 4.47. The molecule has 3 heteroatoms.